The average molecular weight is 345 g/mol. The van der Waals surface area contributed by atoms with Gasteiger partial charge in [0.05, 0.1) is 15.4 Å². The summed E-state index contributed by atoms with van der Waals surface area (Å²) in [4.78, 5) is 11.4. The average Bonchev–Trinajstić information content (AvgIpc) is 2.91. The summed E-state index contributed by atoms with van der Waals surface area (Å²) in [6.07, 6.45) is 0.975. The van der Waals surface area contributed by atoms with Crippen molar-refractivity contribution in [2.24, 2.45) is 0 Å². The molecule has 0 saturated heterocycles. The first-order chi connectivity index (χ1) is 9.70. The van der Waals surface area contributed by atoms with E-state index >= 15 is 0 Å². The van der Waals surface area contributed by atoms with Crippen LogP contribution in [0.25, 0.3) is 0 Å². The van der Waals surface area contributed by atoms with Crippen LogP contribution >= 0.6 is 11.3 Å². The first kappa shape index (κ1) is 15.7. The topological polar surface area (TPSA) is 97.4 Å². The molecule has 1 heterocycles. The molecule has 0 atom stereocenters. The van der Waals surface area contributed by atoms with Gasteiger partial charge in [0.15, 0.2) is 9.84 Å². The normalized spacial score (nSPS) is 12.0. The van der Waals surface area contributed by atoms with Gasteiger partial charge in [-0.1, -0.05) is 6.07 Å². The number of benzene rings is 1. The molecule has 0 unspecified atom stereocenters. The van der Waals surface area contributed by atoms with Gasteiger partial charge in [-0.15, -0.1) is 0 Å². The Labute approximate surface area is 126 Å². The minimum absolute atomic E-state index is 0.131. The van der Waals surface area contributed by atoms with E-state index in [-0.39, 0.29) is 15.4 Å². The predicted molar refractivity (Wildman–Crippen MR) is 78.5 cm³/mol. The van der Waals surface area contributed by atoms with Gasteiger partial charge in [-0.2, -0.15) is 11.3 Å². The van der Waals surface area contributed by atoms with Gasteiger partial charge in [-0.05, 0) is 29.6 Å². The number of carbonyl (C=O) groups is 1. The Morgan fingerprint density at radius 3 is 2.33 bits per heavy atom. The number of carbonyl (C=O) groups excluding carboxylic acids is 1. The number of thiophene rings is 1. The molecular weight excluding hydrogens is 334 g/mol. The summed E-state index contributed by atoms with van der Waals surface area (Å²) in [7, 11) is -7.66. The van der Waals surface area contributed by atoms with Crippen LogP contribution in [0.1, 0.15) is 10.4 Å². The summed E-state index contributed by atoms with van der Waals surface area (Å²) >= 11 is 1.26. The monoisotopic (exact) mass is 345 g/mol. The van der Waals surface area contributed by atoms with Gasteiger partial charge >= 0.3 is 0 Å². The van der Waals surface area contributed by atoms with Crippen molar-refractivity contribution in [1.29, 1.82) is 0 Å². The molecule has 1 N–H and O–H groups in total. The Morgan fingerprint density at radius 1 is 1.10 bits per heavy atom. The lowest BCUT2D eigenvalue weighted by Crippen LogP contribution is -2.30. The number of nitrogens with one attached hydrogen (secondary N) is 1. The van der Waals surface area contributed by atoms with Crippen LogP contribution in [0.5, 0.6) is 0 Å². The summed E-state index contributed by atoms with van der Waals surface area (Å²) < 4.78 is 49.0. The van der Waals surface area contributed by atoms with Gasteiger partial charge in [-0.25, -0.2) is 21.6 Å². The molecule has 0 aliphatic carbocycles. The largest absolute Gasteiger partial charge is 0.268 e. The summed E-state index contributed by atoms with van der Waals surface area (Å²) in [5, 5.41) is 3.16. The third-order valence-corrected chi connectivity index (χ3v) is 5.68. The highest BCUT2D eigenvalue weighted by Gasteiger charge is 2.20. The molecule has 1 aromatic heterocycles. The first-order valence-electron chi connectivity index (χ1n) is 5.59. The van der Waals surface area contributed by atoms with Crippen molar-refractivity contribution in [1.82, 2.24) is 4.72 Å². The van der Waals surface area contributed by atoms with Gasteiger partial charge in [0.25, 0.3) is 15.9 Å². The molecule has 6 nitrogen and oxygen atoms in total. The summed E-state index contributed by atoms with van der Waals surface area (Å²) in [6, 6.07) is 6.31. The van der Waals surface area contributed by atoms with E-state index in [2.05, 4.69) is 0 Å². The number of sulfonamides is 1. The Hall–Kier alpha value is -1.71. The molecule has 21 heavy (non-hydrogen) atoms. The van der Waals surface area contributed by atoms with Crippen LogP contribution in [-0.2, 0) is 19.9 Å². The smallest absolute Gasteiger partial charge is 0.265 e. The SMILES string of the molecule is CS(=O)(=O)c1cccc(S(=O)(=O)NC(=O)c2ccsc2)c1. The van der Waals surface area contributed by atoms with Crippen molar-refractivity contribution in [3.8, 4) is 0 Å². The molecule has 0 fully saturated rings. The summed E-state index contributed by atoms with van der Waals surface area (Å²) in [6.45, 7) is 0. The summed E-state index contributed by atoms with van der Waals surface area (Å²) in [5.74, 6) is -0.763. The fourth-order valence-corrected chi connectivity index (χ4v) is 3.90. The molecule has 0 spiro atoms. The fourth-order valence-electron chi connectivity index (χ4n) is 1.51. The quantitative estimate of drug-likeness (QED) is 0.900. The van der Waals surface area contributed by atoms with Crippen LogP contribution < -0.4 is 4.72 Å². The van der Waals surface area contributed by atoms with Crippen LogP contribution in [0.4, 0.5) is 0 Å². The molecule has 0 saturated carbocycles. The molecule has 0 radical (unpaired) electrons. The second-order valence-electron chi connectivity index (χ2n) is 4.19. The van der Waals surface area contributed by atoms with Crippen molar-refractivity contribution in [2.45, 2.75) is 9.79 Å². The zero-order chi connectivity index (χ0) is 15.7. The van der Waals surface area contributed by atoms with Crippen molar-refractivity contribution < 1.29 is 21.6 Å². The van der Waals surface area contributed by atoms with Crippen LogP contribution in [0.3, 0.4) is 0 Å². The molecule has 0 aliphatic heterocycles. The van der Waals surface area contributed by atoms with E-state index in [9.17, 15) is 21.6 Å². The van der Waals surface area contributed by atoms with Crippen molar-refractivity contribution in [3.05, 3.63) is 46.7 Å². The lowest BCUT2D eigenvalue weighted by molar-refractivity contribution is 0.0982. The third kappa shape index (κ3) is 3.69. The second-order valence-corrected chi connectivity index (χ2v) is 8.67. The lowest BCUT2D eigenvalue weighted by Gasteiger charge is -2.07. The van der Waals surface area contributed by atoms with E-state index in [1.807, 2.05) is 4.72 Å². The third-order valence-electron chi connectivity index (χ3n) is 2.55. The summed E-state index contributed by atoms with van der Waals surface area (Å²) in [5.41, 5.74) is 0.225. The van der Waals surface area contributed by atoms with Crippen LogP contribution in [-0.4, -0.2) is 29.0 Å². The highest BCUT2D eigenvalue weighted by molar-refractivity contribution is 7.91. The Bertz CT molecular complexity index is 867. The van der Waals surface area contributed by atoms with Gasteiger partial charge in [0.2, 0.25) is 0 Å². The molecule has 0 aliphatic rings. The minimum Gasteiger partial charge on any atom is -0.268 e. The molecule has 1 aromatic carbocycles. The molecule has 112 valence electrons. The maximum atomic E-state index is 12.1. The molecule has 9 heteroatoms. The number of amides is 1. The van der Waals surface area contributed by atoms with Gasteiger partial charge in [0, 0.05) is 11.6 Å². The lowest BCUT2D eigenvalue weighted by atomic mass is 10.3. The van der Waals surface area contributed by atoms with Gasteiger partial charge in [0.1, 0.15) is 0 Å². The maximum Gasteiger partial charge on any atom is 0.265 e. The molecule has 1 amide bonds. The fraction of sp³-hybridized carbons (Fsp3) is 0.0833. The van der Waals surface area contributed by atoms with Crippen LogP contribution in [0, 0.1) is 0 Å². The Balaban J connectivity index is 2.34. The molecule has 2 aromatic rings. The van der Waals surface area contributed by atoms with Gasteiger partial charge < -0.3 is 0 Å². The number of hydrogen-bond acceptors (Lipinski definition) is 6. The van der Waals surface area contributed by atoms with E-state index in [1.54, 1.807) is 5.38 Å². The standard InChI is InChI=1S/C12H11NO5S3/c1-20(15,16)10-3-2-4-11(7-10)21(17,18)13-12(14)9-5-6-19-8-9/h2-8H,1H3,(H,13,14). The highest BCUT2D eigenvalue weighted by Crippen LogP contribution is 2.16. The van der Waals surface area contributed by atoms with Crippen molar-refractivity contribution in [3.63, 3.8) is 0 Å². The number of hydrogen-bond donors (Lipinski definition) is 1. The van der Waals surface area contributed by atoms with Crippen molar-refractivity contribution >= 4 is 37.1 Å². The van der Waals surface area contributed by atoms with Gasteiger partial charge in [-0.3, -0.25) is 4.79 Å². The van der Waals surface area contributed by atoms with E-state index < -0.39 is 25.8 Å². The van der Waals surface area contributed by atoms with E-state index in [1.165, 1.54) is 41.0 Å². The van der Waals surface area contributed by atoms with E-state index in [0.717, 1.165) is 12.3 Å². The second kappa shape index (κ2) is 5.58. The van der Waals surface area contributed by atoms with Crippen LogP contribution in [0.15, 0.2) is 50.9 Å². The Kier molecular flexibility index (Phi) is 4.17. The number of rotatable bonds is 4. The zero-order valence-electron chi connectivity index (χ0n) is 10.8. The minimum atomic E-state index is -4.13. The molecule has 2 rings (SSSR count). The van der Waals surface area contributed by atoms with E-state index in [4.69, 9.17) is 0 Å². The van der Waals surface area contributed by atoms with E-state index in [0.29, 0.717) is 0 Å². The van der Waals surface area contributed by atoms with Crippen LogP contribution in [0.2, 0.25) is 0 Å². The molecular formula is C12H11NO5S3. The zero-order valence-corrected chi connectivity index (χ0v) is 13.3. The first-order valence-corrected chi connectivity index (χ1v) is 9.91. The maximum absolute atomic E-state index is 12.1. The predicted octanol–water partition coefficient (Wildman–Crippen LogP) is 1.27. The Morgan fingerprint density at radius 2 is 1.76 bits per heavy atom. The van der Waals surface area contributed by atoms with Crippen molar-refractivity contribution in [2.75, 3.05) is 6.26 Å². The highest BCUT2D eigenvalue weighted by atomic mass is 32.2. The number of sulfone groups is 1. The molecule has 0 bridgehead atoms.